The maximum atomic E-state index is 5.76. The van der Waals surface area contributed by atoms with Crippen molar-refractivity contribution in [1.82, 2.24) is 0 Å². The van der Waals surface area contributed by atoms with Gasteiger partial charge in [-0.25, -0.2) is 0 Å². The number of nitrogens with two attached hydrogens (primary N) is 2. The molecule has 2 nitrogen and oxygen atoms in total. The van der Waals surface area contributed by atoms with Gasteiger partial charge in [0.2, 0.25) is 0 Å². The minimum absolute atomic E-state index is 0. The number of hydrogen-bond donors (Lipinski definition) is 2. The third-order valence-corrected chi connectivity index (χ3v) is 2.41. The van der Waals surface area contributed by atoms with Gasteiger partial charge in [0.15, 0.2) is 0 Å². The summed E-state index contributed by atoms with van der Waals surface area (Å²) in [6.07, 6.45) is 0. The first-order chi connectivity index (χ1) is 7.79. The summed E-state index contributed by atoms with van der Waals surface area (Å²) < 4.78 is 0. The Balaban J connectivity index is 0.00000144. The van der Waals surface area contributed by atoms with Gasteiger partial charge >= 0.3 is 29.6 Å². The van der Waals surface area contributed by atoms with Gasteiger partial charge in [-0.2, -0.15) is 0 Å². The van der Waals surface area contributed by atoms with Crippen LogP contribution in [0.4, 0.5) is 0 Å². The molecule has 0 spiro atoms. The Morgan fingerprint density at radius 1 is 0.706 bits per heavy atom. The molecule has 2 rings (SSSR count). The predicted molar refractivity (Wildman–Crippen MR) is 68.4 cm³/mol. The maximum absolute atomic E-state index is 5.76. The van der Waals surface area contributed by atoms with Gasteiger partial charge in [-0.1, -0.05) is 60.7 Å². The van der Waals surface area contributed by atoms with Crippen LogP contribution in [-0.4, -0.2) is 0 Å². The molecule has 17 heavy (non-hydrogen) atoms. The Morgan fingerprint density at radius 3 is 1.35 bits per heavy atom. The van der Waals surface area contributed by atoms with E-state index in [-0.39, 0.29) is 31.0 Å². The van der Waals surface area contributed by atoms with Crippen molar-refractivity contribution in [2.75, 3.05) is 0 Å². The molecule has 2 aromatic rings. The van der Waals surface area contributed by atoms with Gasteiger partial charge in [0.25, 0.3) is 0 Å². The van der Waals surface area contributed by atoms with Crippen LogP contribution in [0.5, 0.6) is 0 Å². The molecule has 4 N–H and O–H groups in total. The fraction of sp³-hybridized carbons (Fsp3) is 0. The zero-order valence-electron chi connectivity index (χ0n) is 10.9. The van der Waals surface area contributed by atoms with E-state index in [0.717, 1.165) is 16.7 Å². The second-order valence-corrected chi connectivity index (χ2v) is 3.56. The Bertz CT molecular complexity index is 452. The molecule has 0 amide bonds. The number of benzene rings is 2. The summed E-state index contributed by atoms with van der Waals surface area (Å²) >= 11 is 0. The van der Waals surface area contributed by atoms with Crippen molar-refractivity contribution in [1.29, 1.82) is 0 Å². The molecule has 3 heteroatoms. The average Bonchev–Trinajstić information content (AvgIpc) is 2.31. The molecular formula is C14H15N2Na. The monoisotopic (exact) mass is 234 g/mol. The Morgan fingerprint density at radius 2 is 1.06 bits per heavy atom. The van der Waals surface area contributed by atoms with Gasteiger partial charge in [-0.15, -0.1) is 0 Å². The zero-order valence-corrected chi connectivity index (χ0v) is 11.9. The topological polar surface area (TPSA) is 52.0 Å². The summed E-state index contributed by atoms with van der Waals surface area (Å²) in [7, 11) is 0. The van der Waals surface area contributed by atoms with E-state index in [1.165, 1.54) is 0 Å². The minimum atomic E-state index is 0. The molecule has 82 valence electrons. The van der Waals surface area contributed by atoms with Gasteiger partial charge < -0.3 is 12.9 Å². The molecule has 0 saturated carbocycles. The third-order valence-electron chi connectivity index (χ3n) is 2.41. The van der Waals surface area contributed by atoms with Gasteiger partial charge in [0, 0.05) is 5.57 Å². The first kappa shape index (κ1) is 13.8. The summed E-state index contributed by atoms with van der Waals surface area (Å²) in [5.74, 6) is 0.345. The van der Waals surface area contributed by atoms with Crippen LogP contribution in [0.3, 0.4) is 0 Å². The molecule has 0 atom stereocenters. The molecule has 2 aromatic carbocycles. The Kier molecular flexibility index (Phi) is 5.29. The van der Waals surface area contributed by atoms with Crippen LogP contribution in [0.1, 0.15) is 12.6 Å². The SMILES string of the molecule is NC(N)=C(c1ccccc1)c1ccccc1.[H-].[Na+]. The third kappa shape index (κ3) is 3.37. The fourth-order valence-electron chi connectivity index (χ4n) is 1.71. The summed E-state index contributed by atoms with van der Waals surface area (Å²) in [6.45, 7) is 0. The van der Waals surface area contributed by atoms with E-state index in [1.54, 1.807) is 0 Å². The van der Waals surface area contributed by atoms with E-state index in [0.29, 0.717) is 5.82 Å². The second-order valence-electron chi connectivity index (χ2n) is 3.56. The average molecular weight is 234 g/mol. The largest absolute Gasteiger partial charge is 1.00 e. The van der Waals surface area contributed by atoms with E-state index in [2.05, 4.69) is 0 Å². The van der Waals surface area contributed by atoms with Crippen molar-refractivity contribution in [2.24, 2.45) is 11.5 Å². The van der Waals surface area contributed by atoms with Crippen LogP contribution >= 0.6 is 0 Å². The summed E-state index contributed by atoms with van der Waals surface area (Å²) in [5.41, 5.74) is 14.5. The van der Waals surface area contributed by atoms with E-state index in [1.807, 2.05) is 60.7 Å². The number of hydrogen-bond acceptors (Lipinski definition) is 2. The molecule has 0 aliphatic rings. The van der Waals surface area contributed by atoms with Crippen LogP contribution in [0.2, 0.25) is 0 Å². The summed E-state index contributed by atoms with van der Waals surface area (Å²) in [4.78, 5) is 0. The van der Waals surface area contributed by atoms with Crippen molar-refractivity contribution in [3.05, 3.63) is 77.6 Å². The molecule has 0 aromatic heterocycles. The van der Waals surface area contributed by atoms with Crippen LogP contribution in [-0.2, 0) is 0 Å². The van der Waals surface area contributed by atoms with E-state index in [9.17, 15) is 0 Å². The molecule has 0 radical (unpaired) electrons. The minimum Gasteiger partial charge on any atom is -1.00 e. The molecule has 0 aliphatic carbocycles. The van der Waals surface area contributed by atoms with E-state index < -0.39 is 0 Å². The first-order valence-corrected chi connectivity index (χ1v) is 5.15. The van der Waals surface area contributed by atoms with Crippen molar-refractivity contribution in [3.8, 4) is 0 Å². The van der Waals surface area contributed by atoms with Crippen molar-refractivity contribution in [3.63, 3.8) is 0 Å². The quantitative estimate of drug-likeness (QED) is 0.684. The van der Waals surface area contributed by atoms with Crippen molar-refractivity contribution < 1.29 is 31.0 Å². The zero-order chi connectivity index (χ0) is 11.4. The standard InChI is InChI=1S/C14H14N2.Na.H/c15-14(16)13(11-7-3-1-4-8-11)12-9-5-2-6-10-12;;/h1-10H,15-16H2;;/q;+1;-1. The van der Waals surface area contributed by atoms with Crippen LogP contribution < -0.4 is 41.0 Å². The fourth-order valence-corrected chi connectivity index (χ4v) is 1.71. The molecule has 0 unspecified atom stereocenters. The van der Waals surface area contributed by atoms with Crippen molar-refractivity contribution >= 4 is 5.57 Å². The molecule has 0 bridgehead atoms. The summed E-state index contributed by atoms with van der Waals surface area (Å²) in [5, 5.41) is 0. The number of rotatable bonds is 2. The van der Waals surface area contributed by atoms with Gasteiger partial charge in [0.05, 0.1) is 0 Å². The molecule has 0 heterocycles. The first-order valence-electron chi connectivity index (χ1n) is 5.15. The van der Waals surface area contributed by atoms with E-state index >= 15 is 0 Å². The van der Waals surface area contributed by atoms with Gasteiger partial charge in [0.1, 0.15) is 5.82 Å². The second kappa shape index (κ2) is 6.50. The van der Waals surface area contributed by atoms with Crippen LogP contribution in [0, 0.1) is 0 Å². The Labute approximate surface area is 125 Å². The molecule has 0 aliphatic heterocycles. The smallest absolute Gasteiger partial charge is 1.00 e. The Hall–Kier alpha value is -1.22. The van der Waals surface area contributed by atoms with Crippen LogP contribution in [0.25, 0.3) is 5.57 Å². The maximum Gasteiger partial charge on any atom is 1.00 e. The van der Waals surface area contributed by atoms with E-state index in [4.69, 9.17) is 11.5 Å². The predicted octanol–water partition coefficient (Wildman–Crippen LogP) is -0.563. The molecule has 0 saturated heterocycles. The van der Waals surface area contributed by atoms with Gasteiger partial charge in [-0.3, -0.25) is 0 Å². The van der Waals surface area contributed by atoms with Crippen molar-refractivity contribution in [2.45, 2.75) is 0 Å². The molecular weight excluding hydrogens is 219 g/mol. The summed E-state index contributed by atoms with van der Waals surface area (Å²) in [6, 6.07) is 19.8. The normalized spacial score (nSPS) is 9.18. The molecule has 0 fully saturated rings. The van der Waals surface area contributed by atoms with Gasteiger partial charge in [-0.05, 0) is 11.1 Å². The van der Waals surface area contributed by atoms with Crippen LogP contribution in [0.15, 0.2) is 66.5 Å².